The van der Waals surface area contributed by atoms with Crippen molar-refractivity contribution in [3.05, 3.63) is 48.0 Å². The summed E-state index contributed by atoms with van der Waals surface area (Å²) in [7, 11) is 0. The zero-order chi connectivity index (χ0) is 22.1. The zero-order valence-corrected chi connectivity index (χ0v) is 18.5. The van der Waals surface area contributed by atoms with Crippen molar-refractivity contribution in [2.45, 2.75) is 57.7 Å². The molecule has 2 fully saturated rings. The van der Waals surface area contributed by atoms with Gasteiger partial charge in [-0.15, -0.1) is 0 Å². The van der Waals surface area contributed by atoms with Crippen LogP contribution in [0.1, 0.15) is 56.9 Å². The number of aromatic hydroxyl groups is 1. The molecule has 3 aliphatic rings. The molecule has 2 unspecified atom stereocenters. The third-order valence-corrected chi connectivity index (χ3v) is 7.51. The Kier molecular flexibility index (Phi) is 5.72. The molecule has 3 atom stereocenters. The molecular weight excluding hydrogens is 406 g/mol. The molecule has 2 heterocycles. The van der Waals surface area contributed by atoms with Crippen molar-refractivity contribution in [2.24, 2.45) is 11.3 Å². The molecule has 32 heavy (non-hydrogen) atoms. The summed E-state index contributed by atoms with van der Waals surface area (Å²) >= 11 is 0. The van der Waals surface area contributed by atoms with Gasteiger partial charge >= 0.3 is 5.97 Å². The minimum absolute atomic E-state index is 0.110. The Bertz CT molecular complexity index is 959. The largest absolute Gasteiger partial charge is 0.504 e. The molecule has 2 aromatic rings. The standard InChI is InChI=1S/C26H31NO5/c1-17(28)30-23-11-5-7-19(25(23)29)18-6-4-8-20(18)26(14-15-27-16-26)13-12-24-31-21-9-2-3-10-22(21)32-24/h2-3,5,7,9-11,18,20,24,27,29H,4,6,8,12-16H2,1H3/t18?,20?,26-/m1/s1. The number of rotatable bonds is 6. The van der Waals surface area contributed by atoms with Crippen LogP contribution in [0.15, 0.2) is 42.5 Å². The van der Waals surface area contributed by atoms with E-state index in [0.29, 0.717) is 5.92 Å². The van der Waals surface area contributed by atoms with E-state index in [1.807, 2.05) is 36.4 Å². The van der Waals surface area contributed by atoms with Crippen LogP contribution in [0.4, 0.5) is 0 Å². The number of esters is 1. The molecule has 0 aromatic heterocycles. The fourth-order valence-corrected chi connectivity index (χ4v) is 6.09. The maximum Gasteiger partial charge on any atom is 0.308 e. The summed E-state index contributed by atoms with van der Waals surface area (Å²) in [5, 5.41) is 14.5. The molecule has 2 aromatic carbocycles. The van der Waals surface area contributed by atoms with Gasteiger partial charge in [-0.1, -0.05) is 30.7 Å². The highest BCUT2D eigenvalue weighted by molar-refractivity contribution is 5.70. The highest BCUT2D eigenvalue weighted by atomic mass is 16.7. The number of nitrogens with one attached hydrogen (secondary N) is 1. The van der Waals surface area contributed by atoms with Gasteiger partial charge in [0.1, 0.15) is 0 Å². The second-order valence-electron chi connectivity index (χ2n) is 9.37. The Morgan fingerprint density at radius 1 is 1.16 bits per heavy atom. The van der Waals surface area contributed by atoms with Gasteiger partial charge in [-0.05, 0) is 67.7 Å². The minimum Gasteiger partial charge on any atom is -0.504 e. The number of carbonyl (C=O) groups is 1. The lowest BCUT2D eigenvalue weighted by atomic mass is 9.66. The Morgan fingerprint density at radius 2 is 1.94 bits per heavy atom. The highest BCUT2D eigenvalue weighted by Gasteiger charge is 2.48. The van der Waals surface area contributed by atoms with Crippen LogP contribution in [-0.4, -0.2) is 30.5 Å². The van der Waals surface area contributed by atoms with Gasteiger partial charge in [0.05, 0.1) is 0 Å². The summed E-state index contributed by atoms with van der Waals surface area (Å²) in [5.74, 6) is 2.27. The van der Waals surface area contributed by atoms with Gasteiger partial charge in [0.2, 0.25) is 6.29 Å². The van der Waals surface area contributed by atoms with Crippen LogP contribution in [0.2, 0.25) is 0 Å². The van der Waals surface area contributed by atoms with Gasteiger partial charge in [-0.3, -0.25) is 4.79 Å². The van der Waals surface area contributed by atoms with Gasteiger partial charge < -0.3 is 24.6 Å². The SMILES string of the molecule is CC(=O)Oc1cccc(C2CCCC2[C@]2(CCC3Oc4ccccc4O3)CCNC2)c1O. The predicted octanol–water partition coefficient (Wildman–Crippen LogP) is 4.76. The molecule has 0 amide bonds. The van der Waals surface area contributed by atoms with Crippen LogP contribution >= 0.6 is 0 Å². The normalized spacial score (nSPS) is 27.0. The number of hydrogen-bond acceptors (Lipinski definition) is 6. The number of phenols is 1. The van der Waals surface area contributed by atoms with Crippen molar-refractivity contribution >= 4 is 5.97 Å². The van der Waals surface area contributed by atoms with Crippen LogP contribution in [0.5, 0.6) is 23.0 Å². The van der Waals surface area contributed by atoms with Gasteiger partial charge in [0.15, 0.2) is 23.0 Å². The van der Waals surface area contributed by atoms with E-state index in [1.54, 1.807) is 6.07 Å². The molecule has 5 rings (SSSR count). The molecule has 0 radical (unpaired) electrons. The Balaban J connectivity index is 1.35. The first-order valence-electron chi connectivity index (χ1n) is 11.7. The van der Waals surface area contributed by atoms with Crippen LogP contribution in [-0.2, 0) is 4.79 Å². The first-order valence-corrected chi connectivity index (χ1v) is 11.7. The Hall–Kier alpha value is -2.73. The molecule has 1 aliphatic carbocycles. The predicted molar refractivity (Wildman–Crippen MR) is 120 cm³/mol. The summed E-state index contributed by atoms with van der Waals surface area (Å²) in [6.45, 7) is 3.34. The number of hydrogen-bond donors (Lipinski definition) is 2. The van der Waals surface area contributed by atoms with E-state index in [2.05, 4.69) is 5.32 Å². The van der Waals surface area contributed by atoms with Crippen LogP contribution < -0.4 is 19.5 Å². The topological polar surface area (TPSA) is 77.0 Å². The quantitative estimate of drug-likeness (QED) is 0.501. The monoisotopic (exact) mass is 437 g/mol. The maximum absolute atomic E-state index is 11.5. The third kappa shape index (κ3) is 3.92. The fraction of sp³-hybridized carbons (Fsp3) is 0.500. The lowest BCUT2D eigenvalue weighted by molar-refractivity contribution is -0.132. The number of benzene rings is 2. The van der Waals surface area contributed by atoms with Crippen molar-refractivity contribution in [3.8, 4) is 23.0 Å². The van der Waals surface area contributed by atoms with E-state index in [9.17, 15) is 9.90 Å². The number of phenolic OH excluding ortho intramolecular Hbond substituents is 1. The Morgan fingerprint density at radius 3 is 2.62 bits per heavy atom. The second kappa shape index (κ2) is 8.66. The molecule has 2 aliphatic heterocycles. The lowest BCUT2D eigenvalue weighted by Gasteiger charge is -2.39. The fourth-order valence-electron chi connectivity index (χ4n) is 6.09. The van der Waals surface area contributed by atoms with Gasteiger partial charge in [-0.2, -0.15) is 0 Å². The summed E-state index contributed by atoms with van der Waals surface area (Å²) in [5.41, 5.74) is 1.03. The zero-order valence-electron chi connectivity index (χ0n) is 18.5. The number of fused-ring (bicyclic) bond motifs is 1. The van der Waals surface area contributed by atoms with Gasteiger partial charge in [0.25, 0.3) is 0 Å². The minimum atomic E-state index is -0.422. The van der Waals surface area contributed by atoms with Crippen LogP contribution in [0.25, 0.3) is 0 Å². The van der Waals surface area contributed by atoms with E-state index >= 15 is 0 Å². The van der Waals surface area contributed by atoms with Crippen molar-refractivity contribution in [2.75, 3.05) is 13.1 Å². The molecule has 6 heteroatoms. The molecule has 1 saturated heterocycles. The Labute approximate surface area is 188 Å². The first kappa shape index (κ1) is 21.1. The first-order chi connectivity index (χ1) is 15.6. The van der Waals surface area contributed by atoms with Gasteiger partial charge in [-0.25, -0.2) is 0 Å². The molecule has 170 valence electrons. The summed E-state index contributed by atoms with van der Waals surface area (Å²) in [6, 6.07) is 13.4. The van der Waals surface area contributed by atoms with Crippen LogP contribution in [0.3, 0.4) is 0 Å². The molecule has 6 nitrogen and oxygen atoms in total. The van der Waals surface area contributed by atoms with Gasteiger partial charge in [0, 0.05) is 25.5 Å². The summed E-state index contributed by atoms with van der Waals surface area (Å²) < 4.78 is 17.3. The summed E-state index contributed by atoms with van der Waals surface area (Å²) in [6.07, 6.45) is 6.00. The lowest BCUT2D eigenvalue weighted by Crippen LogP contribution is -2.36. The van der Waals surface area contributed by atoms with Crippen molar-refractivity contribution in [1.82, 2.24) is 5.32 Å². The molecule has 0 bridgehead atoms. The second-order valence-corrected chi connectivity index (χ2v) is 9.37. The van der Waals surface area contributed by atoms with Crippen LogP contribution in [0, 0.1) is 11.3 Å². The average molecular weight is 438 g/mol. The maximum atomic E-state index is 11.5. The highest BCUT2D eigenvalue weighted by Crippen LogP contribution is 2.56. The number of carbonyl (C=O) groups excluding carboxylic acids is 1. The smallest absolute Gasteiger partial charge is 0.308 e. The molecule has 1 saturated carbocycles. The van der Waals surface area contributed by atoms with E-state index < -0.39 is 5.97 Å². The average Bonchev–Trinajstić information content (AvgIpc) is 3.52. The summed E-state index contributed by atoms with van der Waals surface area (Å²) in [4.78, 5) is 11.5. The molecule has 0 spiro atoms. The van der Waals surface area contributed by atoms with E-state index in [0.717, 1.165) is 68.7 Å². The number of ether oxygens (including phenoxy) is 3. The van der Waals surface area contributed by atoms with E-state index in [-0.39, 0.29) is 29.1 Å². The van der Waals surface area contributed by atoms with Crippen molar-refractivity contribution in [1.29, 1.82) is 0 Å². The third-order valence-electron chi connectivity index (χ3n) is 7.51. The number of para-hydroxylation sites is 3. The van der Waals surface area contributed by atoms with Crippen molar-refractivity contribution < 1.29 is 24.1 Å². The van der Waals surface area contributed by atoms with E-state index in [1.165, 1.54) is 6.92 Å². The van der Waals surface area contributed by atoms with E-state index in [4.69, 9.17) is 14.2 Å². The van der Waals surface area contributed by atoms with Crippen molar-refractivity contribution in [3.63, 3.8) is 0 Å². The molecular formula is C26H31NO5. The molecule has 2 N–H and O–H groups in total.